The number of rotatable bonds is 3. The molecule has 1 heterocycles. The predicted molar refractivity (Wildman–Crippen MR) is 99.1 cm³/mol. The van der Waals surface area contributed by atoms with Crippen molar-refractivity contribution in [1.29, 1.82) is 0 Å². The van der Waals surface area contributed by atoms with E-state index in [-0.39, 0.29) is 5.69 Å². The zero-order valence-electron chi connectivity index (χ0n) is 14.0. The smallest absolute Gasteiger partial charge is 0.173 e. The first-order valence-corrected chi connectivity index (χ1v) is 8.63. The highest BCUT2D eigenvalue weighted by Crippen LogP contribution is 2.34. The van der Waals surface area contributed by atoms with Crippen LogP contribution in [0.1, 0.15) is 24.3 Å². The van der Waals surface area contributed by atoms with Crippen molar-refractivity contribution < 1.29 is 13.5 Å². The highest BCUT2D eigenvalue weighted by molar-refractivity contribution is 7.80. The highest BCUT2D eigenvalue weighted by atomic mass is 32.1. The van der Waals surface area contributed by atoms with Gasteiger partial charge in [0.25, 0.3) is 0 Å². The minimum atomic E-state index is -0.521. The van der Waals surface area contributed by atoms with Crippen molar-refractivity contribution in [3.8, 4) is 5.75 Å². The second-order valence-electron chi connectivity index (χ2n) is 6.06. The molecule has 1 aliphatic rings. The molecule has 0 unspecified atom stereocenters. The second kappa shape index (κ2) is 7.78. The summed E-state index contributed by atoms with van der Waals surface area (Å²) in [6.07, 6.45) is 1.85. The summed E-state index contributed by atoms with van der Waals surface area (Å²) >= 11 is 5.36. The zero-order valence-corrected chi connectivity index (χ0v) is 14.8. The molecule has 0 atom stereocenters. The van der Waals surface area contributed by atoms with Crippen molar-refractivity contribution in [3.63, 3.8) is 0 Å². The maximum atomic E-state index is 13.7. The van der Waals surface area contributed by atoms with Crippen LogP contribution in [0.4, 0.5) is 14.5 Å². The Kier molecular flexibility index (Phi) is 5.48. The molecule has 132 valence electrons. The number of nitrogens with zero attached hydrogens (tertiary/aromatic N) is 1. The summed E-state index contributed by atoms with van der Waals surface area (Å²) in [5, 5.41) is 3.23. The van der Waals surface area contributed by atoms with Gasteiger partial charge < -0.3 is 15.0 Å². The molecule has 3 nitrogen and oxygen atoms in total. The van der Waals surface area contributed by atoms with Crippen LogP contribution in [0.15, 0.2) is 42.5 Å². The number of piperidine rings is 1. The van der Waals surface area contributed by atoms with Crippen molar-refractivity contribution in [1.82, 2.24) is 4.90 Å². The van der Waals surface area contributed by atoms with Crippen LogP contribution in [0.3, 0.4) is 0 Å². The fraction of sp³-hybridized carbons (Fsp3) is 0.316. The molecule has 1 N–H and O–H groups in total. The van der Waals surface area contributed by atoms with E-state index in [9.17, 15) is 8.78 Å². The number of ether oxygens (including phenoxy) is 1. The zero-order chi connectivity index (χ0) is 17.8. The Morgan fingerprint density at radius 2 is 1.88 bits per heavy atom. The van der Waals surface area contributed by atoms with E-state index in [1.807, 2.05) is 23.1 Å². The predicted octanol–water partition coefficient (Wildman–Crippen LogP) is 4.55. The summed E-state index contributed by atoms with van der Waals surface area (Å²) in [4.78, 5) is 1.99. The number of hydrogen-bond donors (Lipinski definition) is 1. The van der Waals surface area contributed by atoms with Crippen molar-refractivity contribution in [2.24, 2.45) is 0 Å². The van der Waals surface area contributed by atoms with E-state index < -0.39 is 11.6 Å². The third kappa shape index (κ3) is 4.07. The molecule has 1 aliphatic heterocycles. The monoisotopic (exact) mass is 362 g/mol. The number of methoxy groups -OCH3 is 1. The SMILES string of the molecule is COc1ccccc1C1CCN(C(=S)Nc2cc(F)ccc2F)CC1. The van der Waals surface area contributed by atoms with Crippen LogP contribution in [0, 0.1) is 11.6 Å². The lowest BCUT2D eigenvalue weighted by Gasteiger charge is -2.34. The van der Waals surface area contributed by atoms with Gasteiger partial charge >= 0.3 is 0 Å². The molecule has 0 bridgehead atoms. The van der Waals surface area contributed by atoms with Crippen LogP contribution in [0.25, 0.3) is 0 Å². The van der Waals surface area contributed by atoms with E-state index in [0.29, 0.717) is 11.0 Å². The number of hydrogen-bond acceptors (Lipinski definition) is 2. The Morgan fingerprint density at radius 1 is 1.16 bits per heavy atom. The Balaban J connectivity index is 1.62. The van der Waals surface area contributed by atoms with E-state index in [4.69, 9.17) is 17.0 Å². The normalized spacial score (nSPS) is 15.1. The number of likely N-dealkylation sites (tertiary alicyclic amines) is 1. The molecule has 0 aromatic heterocycles. The molecule has 2 aromatic rings. The molecule has 2 aromatic carbocycles. The molecule has 1 saturated heterocycles. The van der Waals surface area contributed by atoms with Gasteiger partial charge in [-0.3, -0.25) is 0 Å². The van der Waals surface area contributed by atoms with E-state index in [0.717, 1.165) is 49.9 Å². The Labute approximate surface area is 151 Å². The van der Waals surface area contributed by atoms with Gasteiger partial charge in [0.2, 0.25) is 0 Å². The first-order valence-electron chi connectivity index (χ1n) is 8.22. The molecule has 3 rings (SSSR count). The van der Waals surface area contributed by atoms with Gasteiger partial charge in [-0.15, -0.1) is 0 Å². The summed E-state index contributed by atoms with van der Waals surface area (Å²) in [5.74, 6) is 0.291. The Bertz CT molecular complexity index is 761. The van der Waals surface area contributed by atoms with Crippen molar-refractivity contribution in [2.45, 2.75) is 18.8 Å². The summed E-state index contributed by atoms with van der Waals surface area (Å²) in [5.41, 5.74) is 1.27. The van der Waals surface area contributed by atoms with Crippen LogP contribution in [-0.4, -0.2) is 30.2 Å². The van der Waals surface area contributed by atoms with Gasteiger partial charge in [-0.2, -0.15) is 0 Å². The molecular weight excluding hydrogens is 342 g/mol. The number of thiocarbonyl (C=S) groups is 1. The van der Waals surface area contributed by atoms with Crippen LogP contribution in [0.5, 0.6) is 5.75 Å². The lowest BCUT2D eigenvalue weighted by molar-refractivity contribution is 0.310. The van der Waals surface area contributed by atoms with Gasteiger partial charge in [0.05, 0.1) is 12.8 Å². The topological polar surface area (TPSA) is 24.5 Å². The largest absolute Gasteiger partial charge is 0.496 e. The molecule has 0 amide bonds. The molecule has 0 saturated carbocycles. The molecular formula is C19H20F2N2OS. The molecule has 1 fully saturated rings. The first-order chi connectivity index (χ1) is 12.1. The highest BCUT2D eigenvalue weighted by Gasteiger charge is 2.24. The van der Waals surface area contributed by atoms with Gasteiger partial charge in [0.15, 0.2) is 5.11 Å². The summed E-state index contributed by atoms with van der Waals surface area (Å²) in [6, 6.07) is 11.3. The maximum Gasteiger partial charge on any atom is 0.173 e. The lowest BCUT2D eigenvalue weighted by atomic mass is 9.89. The van der Waals surface area contributed by atoms with Crippen molar-refractivity contribution in [3.05, 3.63) is 59.7 Å². The third-order valence-electron chi connectivity index (χ3n) is 4.53. The van der Waals surface area contributed by atoms with Gasteiger partial charge in [-0.25, -0.2) is 8.78 Å². The van der Waals surface area contributed by atoms with Crippen molar-refractivity contribution >= 4 is 23.0 Å². The molecule has 6 heteroatoms. The van der Waals surface area contributed by atoms with Gasteiger partial charge in [-0.05, 0) is 54.7 Å². The standard InChI is InChI=1S/C19H20F2N2OS/c1-24-18-5-3-2-4-15(18)13-8-10-23(11-9-13)19(25)22-17-12-14(20)6-7-16(17)21/h2-7,12-13H,8-11H2,1H3,(H,22,25). The van der Waals surface area contributed by atoms with E-state index in [2.05, 4.69) is 11.4 Å². The Hall–Kier alpha value is -2.21. The average Bonchev–Trinajstić information content (AvgIpc) is 2.64. The van der Waals surface area contributed by atoms with E-state index in [1.165, 1.54) is 5.56 Å². The lowest BCUT2D eigenvalue weighted by Crippen LogP contribution is -2.40. The van der Waals surface area contributed by atoms with Gasteiger partial charge in [-0.1, -0.05) is 18.2 Å². The average molecular weight is 362 g/mol. The van der Waals surface area contributed by atoms with Crippen LogP contribution >= 0.6 is 12.2 Å². The Morgan fingerprint density at radius 3 is 2.60 bits per heavy atom. The maximum absolute atomic E-state index is 13.7. The van der Waals surface area contributed by atoms with Gasteiger partial charge in [0, 0.05) is 19.2 Å². The number of benzene rings is 2. The van der Waals surface area contributed by atoms with Crippen LogP contribution < -0.4 is 10.1 Å². The fourth-order valence-electron chi connectivity index (χ4n) is 3.18. The third-order valence-corrected chi connectivity index (χ3v) is 4.89. The van der Waals surface area contributed by atoms with Crippen LogP contribution in [0.2, 0.25) is 0 Å². The minimum absolute atomic E-state index is 0.0665. The minimum Gasteiger partial charge on any atom is -0.496 e. The molecule has 25 heavy (non-hydrogen) atoms. The number of anilines is 1. The van der Waals surface area contributed by atoms with Crippen molar-refractivity contribution in [2.75, 3.05) is 25.5 Å². The van der Waals surface area contributed by atoms with E-state index in [1.54, 1.807) is 7.11 Å². The molecule has 0 spiro atoms. The number of halogens is 2. The summed E-state index contributed by atoms with van der Waals surface area (Å²) in [6.45, 7) is 1.51. The molecule has 0 aliphatic carbocycles. The summed E-state index contributed by atoms with van der Waals surface area (Å²) in [7, 11) is 1.68. The number of nitrogens with one attached hydrogen (secondary N) is 1. The first kappa shape index (κ1) is 17.6. The quantitative estimate of drug-likeness (QED) is 0.810. The van der Waals surface area contributed by atoms with E-state index >= 15 is 0 Å². The van der Waals surface area contributed by atoms with Crippen LogP contribution in [-0.2, 0) is 0 Å². The fourth-order valence-corrected chi connectivity index (χ4v) is 3.48. The second-order valence-corrected chi connectivity index (χ2v) is 6.44. The summed E-state index contributed by atoms with van der Waals surface area (Å²) < 4.78 is 32.5. The molecule has 0 radical (unpaired) electrons. The number of para-hydroxylation sites is 1. The van der Waals surface area contributed by atoms with Gasteiger partial charge in [0.1, 0.15) is 17.4 Å².